The van der Waals surface area contributed by atoms with E-state index in [1.807, 2.05) is 4.90 Å². The molecule has 0 aromatic carbocycles. The molecular weight excluding hydrogens is 236 g/mol. The molecule has 1 atom stereocenters. The summed E-state index contributed by atoms with van der Waals surface area (Å²) in [5, 5.41) is 11.1. The Balaban J connectivity index is 2.40. The monoisotopic (exact) mass is 252 g/mol. The molecule has 0 bridgehead atoms. The Labute approximate surface area is 104 Å². The first-order chi connectivity index (χ1) is 8.63. The van der Waals surface area contributed by atoms with Gasteiger partial charge in [-0.15, -0.1) is 0 Å². The van der Waals surface area contributed by atoms with Gasteiger partial charge in [-0.25, -0.2) is 15.8 Å². The van der Waals surface area contributed by atoms with Crippen LogP contribution in [-0.4, -0.2) is 28.0 Å². The number of aromatic nitrogens is 2. The van der Waals surface area contributed by atoms with Crippen molar-refractivity contribution in [2.24, 2.45) is 11.8 Å². The van der Waals surface area contributed by atoms with Crippen molar-refractivity contribution in [3.05, 3.63) is 16.4 Å². The van der Waals surface area contributed by atoms with Gasteiger partial charge in [-0.05, 0) is 18.8 Å². The molecule has 1 unspecified atom stereocenters. The normalized spacial score (nSPS) is 19.7. The number of nitrogens with one attached hydrogen (secondary N) is 1. The molecule has 1 aliphatic rings. The van der Waals surface area contributed by atoms with Crippen LogP contribution in [0.25, 0.3) is 0 Å². The Kier molecular flexibility index (Phi) is 3.56. The topological polar surface area (TPSA) is 110 Å². The van der Waals surface area contributed by atoms with Gasteiger partial charge in [0.05, 0.1) is 4.92 Å². The van der Waals surface area contributed by atoms with E-state index >= 15 is 0 Å². The lowest BCUT2D eigenvalue weighted by Gasteiger charge is -2.31. The summed E-state index contributed by atoms with van der Waals surface area (Å²) in [6.07, 6.45) is 3.43. The zero-order chi connectivity index (χ0) is 13.1. The number of piperidine rings is 1. The quantitative estimate of drug-likeness (QED) is 0.467. The van der Waals surface area contributed by atoms with Crippen molar-refractivity contribution in [2.45, 2.75) is 19.8 Å². The SMILES string of the molecule is CC1CCCN(c2ncnc(NN)c2[N+](=O)[O-])C1. The predicted molar refractivity (Wildman–Crippen MR) is 67.1 cm³/mol. The first-order valence-electron chi connectivity index (χ1n) is 5.84. The van der Waals surface area contributed by atoms with Gasteiger partial charge in [0.25, 0.3) is 0 Å². The molecule has 2 heterocycles. The largest absolute Gasteiger partial charge is 0.354 e. The molecule has 1 saturated heterocycles. The highest BCUT2D eigenvalue weighted by molar-refractivity contribution is 5.69. The van der Waals surface area contributed by atoms with E-state index in [1.165, 1.54) is 6.33 Å². The molecule has 1 fully saturated rings. The molecule has 0 radical (unpaired) electrons. The van der Waals surface area contributed by atoms with Crippen molar-refractivity contribution < 1.29 is 4.92 Å². The lowest BCUT2D eigenvalue weighted by atomic mass is 10.0. The second kappa shape index (κ2) is 5.13. The highest BCUT2D eigenvalue weighted by Gasteiger charge is 2.28. The third-order valence-corrected chi connectivity index (χ3v) is 3.08. The van der Waals surface area contributed by atoms with Crippen LogP contribution in [0.4, 0.5) is 17.3 Å². The van der Waals surface area contributed by atoms with E-state index in [-0.39, 0.29) is 11.5 Å². The molecule has 3 N–H and O–H groups in total. The molecule has 8 nitrogen and oxygen atoms in total. The first kappa shape index (κ1) is 12.5. The van der Waals surface area contributed by atoms with Crippen LogP contribution in [0.2, 0.25) is 0 Å². The van der Waals surface area contributed by atoms with E-state index in [2.05, 4.69) is 22.3 Å². The van der Waals surface area contributed by atoms with Crippen molar-refractivity contribution in [1.29, 1.82) is 0 Å². The van der Waals surface area contributed by atoms with Gasteiger partial charge in [0.2, 0.25) is 11.6 Å². The van der Waals surface area contributed by atoms with Gasteiger partial charge < -0.3 is 10.3 Å². The number of anilines is 2. The summed E-state index contributed by atoms with van der Waals surface area (Å²) in [5.41, 5.74) is 2.09. The Morgan fingerprint density at radius 3 is 3.00 bits per heavy atom. The van der Waals surface area contributed by atoms with Crippen molar-refractivity contribution >= 4 is 17.3 Å². The summed E-state index contributed by atoms with van der Waals surface area (Å²) in [7, 11) is 0. The van der Waals surface area contributed by atoms with Crippen LogP contribution in [0.5, 0.6) is 0 Å². The summed E-state index contributed by atoms with van der Waals surface area (Å²) >= 11 is 0. The first-order valence-corrected chi connectivity index (χ1v) is 5.84. The molecule has 1 aromatic rings. The molecule has 18 heavy (non-hydrogen) atoms. The predicted octanol–water partition coefficient (Wildman–Crippen LogP) is 0.907. The van der Waals surface area contributed by atoms with Crippen LogP contribution in [-0.2, 0) is 0 Å². The zero-order valence-electron chi connectivity index (χ0n) is 10.2. The zero-order valence-corrected chi connectivity index (χ0v) is 10.2. The Morgan fingerprint density at radius 1 is 1.61 bits per heavy atom. The standard InChI is InChI=1S/C10H16N6O2/c1-7-3-2-4-15(5-7)10-8(16(17)18)9(14-11)12-6-13-10/h6-7H,2-5,11H2,1H3,(H,12,13,14). The fourth-order valence-corrected chi connectivity index (χ4v) is 2.26. The van der Waals surface area contributed by atoms with E-state index in [9.17, 15) is 10.1 Å². The van der Waals surface area contributed by atoms with Crippen LogP contribution >= 0.6 is 0 Å². The highest BCUT2D eigenvalue weighted by Crippen LogP contribution is 2.33. The molecule has 2 rings (SSSR count). The van der Waals surface area contributed by atoms with Crippen molar-refractivity contribution in [1.82, 2.24) is 9.97 Å². The molecule has 8 heteroatoms. The maximum absolute atomic E-state index is 11.1. The average Bonchev–Trinajstić information content (AvgIpc) is 2.37. The fourth-order valence-electron chi connectivity index (χ4n) is 2.26. The van der Waals surface area contributed by atoms with Gasteiger partial charge in [-0.1, -0.05) is 6.92 Å². The van der Waals surface area contributed by atoms with Gasteiger partial charge in [0.15, 0.2) is 0 Å². The average molecular weight is 252 g/mol. The van der Waals surface area contributed by atoms with E-state index in [4.69, 9.17) is 5.84 Å². The number of hydrogen-bond donors (Lipinski definition) is 2. The van der Waals surface area contributed by atoms with Gasteiger partial charge in [0.1, 0.15) is 6.33 Å². The molecule has 0 amide bonds. The van der Waals surface area contributed by atoms with E-state index in [0.29, 0.717) is 11.7 Å². The number of nitro groups is 1. The molecule has 0 aliphatic carbocycles. The number of hydrazine groups is 1. The second-order valence-electron chi connectivity index (χ2n) is 4.49. The molecule has 0 saturated carbocycles. The minimum absolute atomic E-state index is 0.0447. The van der Waals surface area contributed by atoms with Crippen molar-refractivity contribution in [3.63, 3.8) is 0 Å². The lowest BCUT2D eigenvalue weighted by Crippen LogP contribution is -2.35. The van der Waals surface area contributed by atoms with Crippen molar-refractivity contribution in [2.75, 3.05) is 23.4 Å². The maximum Gasteiger partial charge on any atom is 0.354 e. The molecule has 1 aromatic heterocycles. The van der Waals surface area contributed by atoms with Crippen molar-refractivity contribution in [3.8, 4) is 0 Å². The van der Waals surface area contributed by atoms with E-state index in [1.54, 1.807) is 0 Å². The van der Waals surface area contributed by atoms with E-state index < -0.39 is 4.92 Å². The lowest BCUT2D eigenvalue weighted by molar-refractivity contribution is -0.383. The van der Waals surface area contributed by atoms with E-state index in [0.717, 1.165) is 25.9 Å². The Hall–Kier alpha value is -1.96. The van der Waals surface area contributed by atoms with Crippen LogP contribution in [0.3, 0.4) is 0 Å². The summed E-state index contributed by atoms with van der Waals surface area (Å²) in [6, 6.07) is 0. The number of nitrogens with zero attached hydrogens (tertiary/aromatic N) is 4. The number of rotatable bonds is 3. The smallest absolute Gasteiger partial charge is 0.350 e. The minimum Gasteiger partial charge on any atom is -0.350 e. The molecular formula is C10H16N6O2. The number of hydrogen-bond acceptors (Lipinski definition) is 7. The summed E-state index contributed by atoms with van der Waals surface area (Å²) in [6.45, 7) is 3.66. The Morgan fingerprint density at radius 2 is 2.39 bits per heavy atom. The molecule has 98 valence electrons. The minimum atomic E-state index is -0.496. The van der Waals surface area contributed by atoms with Crippen LogP contribution in [0.1, 0.15) is 19.8 Å². The van der Waals surface area contributed by atoms with Crippen LogP contribution < -0.4 is 16.2 Å². The van der Waals surface area contributed by atoms with Gasteiger partial charge in [0, 0.05) is 13.1 Å². The highest BCUT2D eigenvalue weighted by atomic mass is 16.6. The third kappa shape index (κ3) is 2.33. The van der Waals surface area contributed by atoms with Gasteiger partial charge in [-0.3, -0.25) is 10.1 Å². The summed E-state index contributed by atoms with van der Waals surface area (Å²) in [4.78, 5) is 20.4. The van der Waals surface area contributed by atoms with Crippen LogP contribution in [0.15, 0.2) is 6.33 Å². The maximum atomic E-state index is 11.1. The molecule has 1 aliphatic heterocycles. The van der Waals surface area contributed by atoms with Gasteiger partial charge in [-0.2, -0.15) is 0 Å². The second-order valence-corrected chi connectivity index (χ2v) is 4.49. The Bertz CT molecular complexity index is 452. The summed E-state index contributed by atoms with van der Waals surface area (Å²) in [5.74, 6) is 6.14. The number of nitrogens with two attached hydrogens (primary N) is 1. The van der Waals surface area contributed by atoms with Crippen LogP contribution in [0, 0.1) is 16.0 Å². The summed E-state index contributed by atoms with van der Waals surface area (Å²) < 4.78 is 0. The number of nitrogen functional groups attached to an aromatic ring is 1. The molecule has 0 spiro atoms. The van der Waals surface area contributed by atoms with Gasteiger partial charge >= 0.3 is 5.69 Å². The fraction of sp³-hybridized carbons (Fsp3) is 0.600. The third-order valence-electron chi connectivity index (χ3n) is 3.08.